The van der Waals surface area contributed by atoms with Gasteiger partial charge >= 0.3 is 13.9 Å². The van der Waals surface area contributed by atoms with Crippen molar-refractivity contribution in [2.24, 2.45) is 11.8 Å². The van der Waals surface area contributed by atoms with Crippen LogP contribution >= 0.6 is 7.82 Å². The molecule has 2 heterocycles. The number of phosphoric acid groups is 1. The number of carbonyl (C=O) groups excluding carboxylic acids is 1. The van der Waals surface area contributed by atoms with Gasteiger partial charge in [0, 0.05) is 18.4 Å². The molecule has 0 aromatic heterocycles. The van der Waals surface area contributed by atoms with Gasteiger partial charge in [0.05, 0.1) is 46.6 Å². The van der Waals surface area contributed by atoms with Gasteiger partial charge in [0.2, 0.25) is 0 Å². The lowest BCUT2D eigenvalue weighted by atomic mass is 9.80. The van der Waals surface area contributed by atoms with Crippen LogP contribution in [0.5, 0.6) is 0 Å². The van der Waals surface area contributed by atoms with Gasteiger partial charge in [-0.2, -0.15) is 0 Å². The van der Waals surface area contributed by atoms with Gasteiger partial charge < -0.3 is 41.1 Å². The van der Waals surface area contributed by atoms with Gasteiger partial charge in [-0.15, -0.1) is 0 Å². The zero-order chi connectivity index (χ0) is 30.7. The number of nitrogens with one attached hydrogen (secondary N) is 1. The summed E-state index contributed by atoms with van der Waals surface area (Å²) in [6.07, 6.45) is 22.5. The maximum atomic E-state index is 12.3. The van der Waals surface area contributed by atoms with Crippen molar-refractivity contribution in [2.45, 2.75) is 135 Å². The first-order valence-corrected chi connectivity index (χ1v) is 18.6. The van der Waals surface area contributed by atoms with Crippen LogP contribution in [0.2, 0.25) is 0 Å². The second-order valence-electron chi connectivity index (χ2n) is 13.6. The predicted molar refractivity (Wildman–Crippen MR) is 168 cm³/mol. The maximum Gasteiger partial charge on any atom is 0.472 e. The minimum absolute atomic E-state index is 0. The molecule has 2 aliphatic rings. The standard InChI is InChI=1S/C32H63N2O7P.BrH/c1-5-6-7-8-9-10-11-12-13-14-15-16-17-18-19-20-23-33-32(35)38-26-28-29(31-22-21-30(28)41-31)27-40-42(36,37)39-25-24-34(2,3)4;/h28-31H,5-27H2,1-4H3,(H-,33,35,36,37);1H/t28-,29-,30+,31-;/m1./s1. The van der Waals surface area contributed by atoms with Crippen LogP contribution in [0.3, 0.4) is 0 Å². The number of amides is 1. The summed E-state index contributed by atoms with van der Waals surface area (Å²) in [4.78, 5) is 22.4. The molecular formula is C32H64BrN2O7P. The Kier molecular flexibility index (Phi) is 22.0. The third-order valence-electron chi connectivity index (χ3n) is 8.74. The monoisotopic (exact) mass is 698 g/mol. The highest BCUT2D eigenvalue weighted by atomic mass is 79.9. The molecule has 2 rings (SSSR count). The Hall–Kier alpha value is -0.220. The molecule has 11 heteroatoms. The van der Waals surface area contributed by atoms with E-state index in [2.05, 4.69) is 12.2 Å². The highest BCUT2D eigenvalue weighted by Gasteiger charge is 2.50. The zero-order valence-electron chi connectivity index (χ0n) is 27.7. The molecular weight excluding hydrogens is 635 g/mol. The number of phosphoric ester groups is 1. The Morgan fingerprint density at radius 3 is 1.74 bits per heavy atom. The molecule has 0 aromatic carbocycles. The van der Waals surface area contributed by atoms with Crippen LogP contribution in [0.25, 0.3) is 0 Å². The fourth-order valence-corrected chi connectivity index (χ4v) is 6.81. The molecule has 2 fully saturated rings. The summed E-state index contributed by atoms with van der Waals surface area (Å²) in [5, 5.41) is 2.87. The minimum atomic E-state index is -4.15. The molecule has 2 saturated heterocycles. The average molecular weight is 700 g/mol. The fraction of sp³-hybridized carbons (Fsp3) is 0.969. The number of hydrogen-bond donors (Lipinski definition) is 2. The van der Waals surface area contributed by atoms with Crippen LogP contribution in [0.1, 0.15) is 122 Å². The van der Waals surface area contributed by atoms with Crippen LogP contribution in [0.15, 0.2) is 0 Å². The molecule has 5 atom stereocenters. The summed E-state index contributed by atoms with van der Waals surface area (Å²) in [5.41, 5.74) is 0. The molecule has 0 saturated carbocycles. The zero-order valence-corrected chi connectivity index (χ0v) is 30.2. The molecule has 1 amide bonds. The van der Waals surface area contributed by atoms with Crippen molar-refractivity contribution < 1.29 is 54.2 Å². The molecule has 2 aliphatic heterocycles. The molecule has 9 nitrogen and oxygen atoms in total. The fourth-order valence-electron chi connectivity index (χ4n) is 6.07. The molecule has 0 radical (unpaired) electrons. The third kappa shape index (κ3) is 19.1. The van der Waals surface area contributed by atoms with Crippen molar-refractivity contribution in [1.29, 1.82) is 0 Å². The topological polar surface area (TPSA) is 103 Å². The van der Waals surface area contributed by atoms with Crippen LogP contribution in [0.4, 0.5) is 4.79 Å². The van der Waals surface area contributed by atoms with Crippen molar-refractivity contribution in [1.82, 2.24) is 5.32 Å². The second-order valence-corrected chi connectivity index (χ2v) is 15.0. The number of nitrogens with zero attached hydrogens (tertiary/aromatic N) is 1. The van der Waals surface area contributed by atoms with Gasteiger partial charge in [-0.25, -0.2) is 9.36 Å². The molecule has 0 spiro atoms. The van der Waals surface area contributed by atoms with E-state index < -0.39 is 13.9 Å². The SMILES string of the molecule is CCCCCCCCCCCCCCCCCCNC(=O)OC[C@@H]1[C@@H](COP(=O)(O)OCC[N+](C)(C)C)[C@H]2CC[C@@H]1O2.[Br-]. The van der Waals surface area contributed by atoms with Crippen molar-refractivity contribution in [3.8, 4) is 0 Å². The predicted octanol–water partition coefficient (Wildman–Crippen LogP) is 4.61. The number of ether oxygens (including phenoxy) is 2. The van der Waals surface area contributed by atoms with E-state index >= 15 is 0 Å². The first kappa shape index (κ1) is 40.8. The minimum Gasteiger partial charge on any atom is -1.00 e. The van der Waals surface area contributed by atoms with Crippen LogP contribution in [-0.4, -0.2) is 81.7 Å². The summed E-state index contributed by atoms with van der Waals surface area (Å²) in [7, 11) is 1.82. The number of fused-ring (bicyclic) bond motifs is 2. The summed E-state index contributed by atoms with van der Waals surface area (Å²) < 4.78 is 35.0. The van der Waals surface area contributed by atoms with Gasteiger partial charge in [0.15, 0.2) is 0 Å². The lowest BCUT2D eigenvalue weighted by Crippen LogP contribution is -3.00. The Morgan fingerprint density at radius 1 is 0.791 bits per heavy atom. The molecule has 256 valence electrons. The Bertz CT molecular complexity index is 770. The van der Waals surface area contributed by atoms with E-state index in [0.717, 1.165) is 25.7 Å². The Morgan fingerprint density at radius 2 is 1.26 bits per heavy atom. The highest BCUT2D eigenvalue weighted by molar-refractivity contribution is 7.47. The molecule has 0 aromatic rings. The van der Waals surface area contributed by atoms with Crippen LogP contribution < -0.4 is 22.3 Å². The summed E-state index contributed by atoms with van der Waals surface area (Å²) in [6, 6.07) is 0. The van der Waals surface area contributed by atoms with E-state index in [1.54, 1.807) is 0 Å². The molecule has 43 heavy (non-hydrogen) atoms. The van der Waals surface area contributed by atoms with Gasteiger partial charge in [-0.1, -0.05) is 103 Å². The molecule has 2 bridgehead atoms. The second kappa shape index (κ2) is 23.2. The van der Waals surface area contributed by atoms with Crippen molar-refractivity contribution in [3.05, 3.63) is 0 Å². The van der Waals surface area contributed by atoms with E-state index in [1.807, 2.05) is 21.1 Å². The molecule has 2 N–H and O–H groups in total. The average Bonchev–Trinajstić information content (AvgIpc) is 3.53. The first-order valence-electron chi connectivity index (χ1n) is 17.1. The van der Waals surface area contributed by atoms with Crippen molar-refractivity contribution in [2.75, 3.05) is 54.1 Å². The molecule has 1 unspecified atom stereocenters. The summed E-state index contributed by atoms with van der Waals surface area (Å²) in [5.74, 6) is -0.143. The lowest BCUT2D eigenvalue weighted by molar-refractivity contribution is -0.870. The quantitative estimate of drug-likeness (QED) is 0.0773. The van der Waals surface area contributed by atoms with Crippen molar-refractivity contribution >= 4 is 13.9 Å². The van der Waals surface area contributed by atoms with E-state index in [4.69, 9.17) is 18.5 Å². The van der Waals surface area contributed by atoms with E-state index in [0.29, 0.717) is 17.6 Å². The number of halogens is 1. The number of unbranched alkanes of at least 4 members (excludes halogenated alkanes) is 15. The number of likely N-dealkylation sites (N-methyl/N-ethyl adjacent to an activating group) is 1. The third-order valence-corrected chi connectivity index (χ3v) is 9.73. The molecule has 0 aliphatic carbocycles. The van der Waals surface area contributed by atoms with Gasteiger partial charge in [0.25, 0.3) is 0 Å². The van der Waals surface area contributed by atoms with Gasteiger partial charge in [-0.05, 0) is 19.3 Å². The smallest absolute Gasteiger partial charge is 0.472 e. The Balaban J connectivity index is 0.00000924. The largest absolute Gasteiger partial charge is 1.00 e. The van der Waals surface area contributed by atoms with Crippen LogP contribution in [0, 0.1) is 11.8 Å². The normalized spacial score (nSPS) is 22.7. The number of hydrogen-bond acceptors (Lipinski definition) is 6. The number of alkyl carbamates (subject to hydrolysis) is 1. The first-order chi connectivity index (χ1) is 20.1. The highest BCUT2D eigenvalue weighted by Crippen LogP contribution is 2.48. The number of carbonyl (C=O) groups is 1. The van der Waals surface area contributed by atoms with Gasteiger partial charge in [-0.3, -0.25) is 9.05 Å². The van der Waals surface area contributed by atoms with Crippen molar-refractivity contribution in [3.63, 3.8) is 0 Å². The van der Waals surface area contributed by atoms with Crippen LogP contribution in [-0.2, 0) is 23.1 Å². The summed E-state index contributed by atoms with van der Waals surface area (Å²) >= 11 is 0. The van der Waals surface area contributed by atoms with E-state index in [9.17, 15) is 14.3 Å². The van der Waals surface area contributed by atoms with E-state index in [-0.39, 0.29) is 60.8 Å². The number of quaternary nitrogens is 1. The lowest BCUT2D eigenvalue weighted by Gasteiger charge is -2.28. The Labute approximate surface area is 273 Å². The number of rotatable bonds is 26. The summed E-state index contributed by atoms with van der Waals surface area (Å²) in [6.45, 7) is 3.89. The van der Waals surface area contributed by atoms with Gasteiger partial charge in [0.1, 0.15) is 13.2 Å². The maximum absolute atomic E-state index is 12.3. The van der Waals surface area contributed by atoms with E-state index in [1.165, 1.54) is 89.9 Å².